The van der Waals surface area contributed by atoms with Gasteiger partial charge in [-0.25, -0.2) is 0 Å². The molecule has 0 heterocycles. The highest BCUT2D eigenvalue weighted by atomic mass is 14.9. The van der Waals surface area contributed by atoms with Crippen LogP contribution in [-0.2, 0) is 0 Å². The minimum absolute atomic E-state index is 1.09. The highest BCUT2D eigenvalue weighted by Gasteiger charge is 1.89. The molecule has 0 bridgehead atoms. The molecule has 0 aliphatic rings. The predicted molar refractivity (Wildman–Crippen MR) is 68.4 cm³/mol. The van der Waals surface area contributed by atoms with Crippen LogP contribution >= 0.6 is 0 Å². The molecule has 0 rings (SSSR count). The Kier molecular flexibility index (Phi) is 13.8. The molecule has 0 unspecified atom stereocenters. The van der Waals surface area contributed by atoms with Gasteiger partial charge in [-0.15, -0.1) is 0 Å². The molecule has 0 aliphatic heterocycles. The van der Waals surface area contributed by atoms with Crippen LogP contribution in [0.5, 0.6) is 0 Å². The van der Waals surface area contributed by atoms with Crippen molar-refractivity contribution in [1.29, 1.82) is 0 Å². The van der Waals surface area contributed by atoms with Crippen molar-refractivity contribution in [2.24, 2.45) is 0 Å². The summed E-state index contributed by atoms with van der Waals surface area (Å²) in [6.45, 7) is 11.2. The zero-order valence-corrected chi connectivity index (χ0v) is 10.6. The van der Waals surface area contributed by atoms with Crippen LogP contribution in [-0.4, -0.2) is 39.3 Å². The average molecular weight is 215 g/mol. The first-order chi connectivity index (χ1) is 7.41. The van der Waals surface area contributed by atoms with E-state index in [0.717, 1.165) is 32.7 Å². The van der Waals surface area contributed by atoms with Gasteiger partial charge in [-0.05, 0) is 45.4 Å². The molecule has 0 aromatic rings. The van der Waals surface area contributed by atoms with Gasteiger partial charge >= 0.3 is 0 Å². The third kappa shape index (κ3) is 13.9. The average Bonchev–Trinajstić information content (AvgIpc) is 2.26. The third-order valence-electron chi connectivity index (χ3n) is 2.39. The summed E-state index contributed by atoms with van der Waals surface area (Å²) in [5.74, 6) is 0. The third-order valence-corrected chi connectivity index (χ3v) is 2.39. The number of unbranched alkanes of at least 4 members (excludes halogenated alkanes) is 2. The van der Waals surface area contributed by atoms with E-state index in [0.29, 0.717) is 0 Å². The topological polar surface area (TPSA) is 36.1 Å². The largest absolute Gasteiger partial charge is 0.317 e. The normalized spacial score (nSPS) is 10.8. The van der Waals surface area contributed by atoms with Crippen LogP contribution in [0, 0.1) is 0 Å². The Balaban J connectivity index is 2.81. The van der Waals surface area contributed by atoms with Crippen molar-refractivity contribution >= 4 is 0 Å². The first-order valence-corrected chi connectivity index (χ1v) is 6.54. The molecule has 0 fully saturated rings. The van der Waals surface area contributed by atoms with Gasteiger partial charge in [0.05, 0.1) is 0 Å². The second-order valence-corrected chi connectivity index (χ2v) is 3.91. The minimum Gasteiger partial charge on any atom is -0.317 e. The Hall–Kier alpha value is -0.120. The maximum atomic E-state index is 3.45. The molecule has 0 amide bonds. The highest BCUT2D eigenvalue weighted by Crippen LogP contribution is 1.84. The van der Waals surface area contributed by atoms with Gasteiger partial charge in [0.25, 0.3) is 0 Å². The monoisotopic (exact) mass is 215 g/mol. The molecule has 0 aromatic heterocycles. The van der Waals surface area contributed by atoms with Crippen molar-refractivity contribution < 1.29 is 0 Å². The molecule has 15 heavy (non-hydrogen) atoms. The van der Waals surface area contributed by atoms with Crippen LogP contribution in [0.15, 0.2) is 0 Å². The molecule has 0 aromatic carbocycles. The van der Waals surface area contributed by atoms with Crippen molar-refractivity contribution in [3.8, 4) is 0 Å². The molecule has 3 heteroatoms. The molecule has 0 radical (unpaired) electrons. The lowest BCUT2D eigenvalue weighted by molar-refractivity contribution is 0.563. The van der Waals surface area contributed by atoms with E-state index >= 15 is 0 Å². The SMILES string of the molecule is CCCCNCCNCCCCNCC. The second kappa shape index (κ2) is 13.9. The molecular weight excluding hydrogens is 186 g/mol. The van der Waals surface area contributed by atoms with E-state index in [9.17, 15) is 0 Å². The molecule has 92 valence electrons. The Morgan fingerprint density at radius 3 is 1.67 bits per heavy atom. The van der Waals surface area contributed by atoms with Gasteiger partial charge in [-0.2, -0.15) is 0 Å². The minimum atomic E-state index is 1.09. The maximum absolute atomic E-state index is 3.45. The van der Waals surface area contributed by atoms with E-state index in [2.05, 4.69) is 29.8 Å². The Labute approximate surface area is 95.4 Å². The zero-order chi connectivity index (χ0) is 11.2. The standard InChI is InChI=1S/C12H29N3/c1-3-5-8-14-11-12-15-10-7-6-9-13-4-2/h13-15H,3-12H2,1-2H3. The van der Waals surface area contributed by atoms with E-state index < -0.39 is 0 Å². The summed E-state index contributed by atoms with van der Waals surface area (Å²) in [6.07, 6.45) is 5.14. The van der Waals surface area contributed by atoms with E-state index in [1.165, 1.54) is 32.2 Å². The summed E-state index contributed by atoms with van der Waals surface area (Å²) < 4.78 is 0. The van der Waals surface area contributed by atoms with Crippen molar-refractivity contribution in [2.75, 3.05) is 39.3 Å². The van der Waals surface area contributed by atoms with Gasteiger partial charge in [0.15, 0.2) is 0 Å². The quantitative estimate of drug-likeness (QED) is 0.430. The summed E-state index contributed by atoms with van der Waals surface area (Å²) in [5.41, 5.74) is 0. The van der Waals surface area contributed by atoms with Crippen molar-refractivity contribution in [2.45, 2.75) is 39.5 Å². The van der Waals surface area contributed by atoms with Gasteiger partial charge in [0, 0.05) is 13.1 Å². The summed E-state index contributed by atoms with van der Waals surface area (Å²) in [4.78, 5) is 0. The van der Waals surface area contributed by atoms with Gasteiger partial charge in [0.1, 0.15) is 0 Å². The van der Waals surface area contributed by atoms with Gasteiger partial charge in [-0.3, -0.25) is 0 Å². The molecule has 0 saturated heterocycles. The maximum Gasteiger partial charge on any atom is 0.00767 e. The van der Waals surface area contributed by atoms with Crippen LogP contribution in [0.3, 0.4) is 0 Å². The fourth-order valence-electron chi connectivity index (χ4n) is 1.41. The molecular formula is C12H29N3. The Morgan fingerprint density at radius 1 is 0.600 bits per heavy atom. The first kappa shape index (κ1) is 14.9. The number of hydrogen-bond acceptors (Lipinski definition) is 3. The lowest BCUT2D eigenvalue weighted by Gasteiger charge is -2.06. The molecule has 0 aliphatic carbocycles. The second-order valence-electron chi connectivity index (χ2n) is 3.91. The Morgan fingerprint density at radius 2 is 1.13 bits per heavy atom. The molecule has 0 spiro atoms. The van der Waals surface area contributed by atoms with E-state index in [4.69, 9.17) is 0 Å². The van der Waals surface area contributed by atoms with Crippen LogP contribution in [0.25, 0.3) is 0 Å². The summed E-state index contributed by atoms with van der Waals surface area (Å²) in [5, 5.41) is 10.2. The van der Waals surface area contributed by atoms with E-state index in [-0.39, 0.29) is 0 Å². The summed E-state index contributed by atoms with van der Waals surface area (Å²) in [7, 11) is 0. The molecule has 0 saturated carbocycles. The van der Waals surface area contributed by atoms with Crippen LogP contribution in [0.2, 0.25) is 0 Å². The number of nitrogens with one attached hydrogen (secondary N) is 3. The van der Waals surface area contributed by atoms with Gasteiger partial charge in [0.2, 0.25) is 0 Å². The fourth-order valence-corrected chi connectivity index (χ4v) is 1.41. The number of rotatable bonds is 12. The smallest absolute Gasteiger partial charge is 0.00767 e. The fraction of sp³-hybridized carbons (Fsp3) is 1.00. The summed E-state index contributed by atoms with van der Waals surface area (Å²) in [6, 6.07) is 0. The zero-order valence-electron chi connectivity index (χ0n) is 10.6. The molecule has 3 nitrogen and oxygen atoms in total. The van der Waals surface area contributed by atoms with Crippen molar-refractivity contribution in [1.82, 2.24) is 16.0 Å². The summed E-state index contributed by atoms with van der Waals surface area (Å²) >= 11 is 0. The van der Waals surface area contributed by atoms with Crippen LogP contribution < -0.4 is 16.0 Å². The molecule has 0 atom stereocenters. The first-order valence-electron chi connectivity index (χ1n) is 6.54. The lowest BCUT2D eigenvalue weighted by atomic mass is 10.3. The van der Waals surface area contributed by atoms with Crippen molar-refractivity contribution in [3.05, 3.63) is 0 Å². The van der Waals surface area contributed by atoms with Crippen LogP contribution in [0.4, 0.5) is 0 Å². The predicted octanol–water partition coefficient (Wildman–Crippen LogP) is 1.36. The van der Waals surface area contributed by atoms with E-state index in [1.807, 2.05) is 0 Å². The van der Waals surface area contributed by atoms with Gasteiger partial charge in [-0.1, -0.05) is 20.3 Å². The van der Waals surface area contributed by atoms with E-state index in [1.54, 1.807) is 0 Å². The Bertz CT molecular complexity index is 95.0. The highest BCUT2D eigenvalue weighted by molar-refractivity contribution is 4.53. The molecule has 3 N–H and O–H groups in total. The van der Waals surface area contributed by atoms with Crippen molar-refractivity contribution in [3.63, 3.8) is 0 Å². The van der Waals surface area contributed by atoms with Crippen LogP contribution in [0.1, 0.15) is 39.5 Å². The van der Waals surface area contributed by atoms with Gasteiger partial charge < -0.3 is 16.0 Å². The number of hydrogen-bond donors (Lipinski definition) is 3. The lowest BCUT2D eigenvalue weighted by Crippen LogP contribution is -2.28.